The third kappa shape index (κ3) is 4.22. The summed E-state index contributed by atoms with van der Waals surface area (Å²) < 4.78 is 8.90. The number of pyridine rings is 1. The van der Waals surface area contributed by atoms with Crippen LogP contribution in [0.25, 0.3) is 49.9 Å². The van der Waals surface area contributed by atoms with Crippen molar-refractivity contribution in [1.82, 2.24) is 9.55 Å². The van der Waals surface area contributed by atoms with Gasteiger partial charge in [0.1, 0.15) is 6.10 Å². The van der Waals surface area contributed by atoms with Gasteiger partial charge in [-0.3, -0.25) is 4.98 Å². The van der Waals surface area contributed by atoms with E-state index in [2.05, 4.69) is 114 Å². The van der Waals surface area contributed by atoms with Crippen molar-refractivity contribution in [3.63, 3.8) is 0 Å². The van der Waals surface area contributed by atoms with Gasteiger partial charge in [-0.2, -0.15) is 0 Å². The van der Waals surface area contributed by atoms with Crippen LogP contribution in [0.15, 0.2) is 114 Å². The van der Waals surface area contributed by atoms with Crippen LogP contribution in [0.3, 0.4) is 0 Å². The maximum Gasteiger partial charge on any atom is 0.216 e. The van der Waals surface area contributed by atoms with Gasteiger partial charge in [-0.05, 0) is 85.3 Å². The molecule has 0 N–H and O–H groups in total. The monoisotopic (exact) mass is 533 g/mol. The van der Waals surface area contributed by atoms with E-state index in [4.69, 9.17) is 9.73 Å². The summed E-state index contributed by atoms with van der Waals surface area (Å²) in [6.07, 6.45) is 6.75. The molecular weight excluding hydrogens is 502 g/mol. The van der Waals surface area contributed by atoms with Gasteiger partial charge in [0.2, 0.25) is 5.90 Å². The van der Waals surface area contributed by atoms with Gasteiger partial charge in [-0.25, -0.2) is 4.99 Å². The average molecular weight is 534 g/mol. The van der Waals surface area contributed by atoms with E-state index in [1.165, 1.54) is 40.3 Å². The molecule has 41 heavy (non-hydrogen) atoms. The summed E-state index contributed by atoms with van der Waals surface area (Å²) in [5.74, 6) is 0.784. The van der Waals surface area contributed by atoms with E-state index in [0.717, 1.165) is 52.3 Å². The van der Waals surface area contributed by atoms with Crippen molar-refractivity contribution < 1.29 is 4.74 Å². The summed E-state index contributed by atoms with van der Waals surface area (Å²) in [5, 5.41) is 2.46. The molecule has 0 spiro atoms. The Kier molecular flexibility index (Phi) is 5.73. The molecule has 4 nitrogen and oxygen atoms in total. The highest BCUT2D eigenvalue weighted by molar-refractivity contribution is 6.10. The molecule has 2 atom stereocenters. The average Bonchev–Trinajstić information content (AvgIpc) is 3.61. The quantitative estimate of drug-likeness (QED) is 0.227. The van der Waals surface area contributed by atoms with Gasteiger partial charge in [0.05, 0.1) is 22.8 Å². The molecule has 4 aromatic carbocycles. The predicted molar refractivity (Wildman–Crippen MR) is 168 cm³/mol. The Morgan fingerprint density at radius 2 is 1.49 bits per heavy atom. The van der Waals surface area contributed by atoms with E-state index in [0.29, 0.717) is 0 Å². The van der Waals surface area contributed by atoms with Gasteiger partial charge in [0, 0.05) is 33.8 Å². The maximum absolute atomic E-state index is 6.51. The Hall–Kier alpha value is -4.70. The Labute approximate surface area is 240 Å². The third-order valence-electron chi connectivity index (χ3n) is 8.63. The summed E-state index contributed by atoms with van der Waals surface area (Å²) >= 11 is 0. The lowest BCUT2D eigenvalue weighted by Crippen LogP contribution is -2.26. The second kappa shape index (κ2) is 9.74. The highest BCUT2D eigenvalue weighted by atomic mass is 16.5. The molecule has 1 aliphatic heterocycles. The van der Waals surface area contributed by atoms with Crippen molar-refractivity contribution >= 4 is 27.7 Å². The first-order chi connectivity index (χ1) is 20.2. The van der Waals surface area contributed by atoms with Crippen LogP contribution in [0, 0.1) is 6.92 Å². The maximum atomic E-state index is 6.51. The van der Waals surface area contributed by atoms with Crippen LogP contribution in [-0.2, 0) is 4.74 Å². The van der Waals surface area contributed by atoms with Crippen molar-refractivity contribution in [2.24, 2.45) is 4.99 Å². The molecule has 6 aromatic rings. The van der Waals surface area contributed by atoms with E-state index < -0.39 is 0 Å². The standard InChI is InChI=1S/C37H31N3O/c1-24-17-18-38-33(19-24)26-15-16-31-30-11-5-7-13-34(30)40(35(31)23-26)29-21-27(25-9-3-2-4-10-25)20-28(22-29)37-39-32-12-6-8-14-36(32)41-37/h2-5,7,9-11,13,15-23,32,36H,6,8,12,14H2,1H3/t32-,36+/m1/s1. The largest absolute Gasteiger partial charge is 0.472 e. The molecule has 0 saturated heterocycles. The number of rotatable bonds is 4. The molecule has 3 heterocycles. The van der Waals surface area contributed by atoms with E-state index in [1.807, 2.05) is 12.3 Å². The van der Waals surface area contributed by atoms with Crippen LogP contribution in [0.2, 0.25) is 0 Å². The lowest BCUT2D eigenvalue weighted by molar-refractivity contribution is 0.153. The first kappa shape index (κ1) is 24.1. The molecule has 4 heteroatoms. The number of hydrogen-bond acceptors (Lipinski definition) is 3. The number of benzene rings is 4. The Morgan fingerprint density at radius 3 is 2.37 bits per heavy atom. The fraction of sp³-hybridized carbons (Fsp3) is 0.189. The molecule has 200 valence electrons. The third-order valence-corrected chi connectivity index (χ3v) is 8.63. The Morgan fingerprint density at radius 1 is 0.683 bits per heavy atom. The van der Waals surface area contributed by atoms with Gasteiger partial charge in [0.25, 0.3) is 0 Å². The molecule has 1 aliphatic carbocycles. The molecule has 1 fully saturated rings. The lowest BCUT2D eigenvalue weighted by Gasteiger charge is -2.22. The van der Waals surface area contributed by atoms with Crippen molar-refractivity contribution in [2.75, 3.05) is 0 Å². The highest BCUT2D eigenvalue weighted by Crippen LogP contribution is 2.37. The zero-order valence-corrected chi connectivity index (χ0v) is 23.1. The van der Waals surface area contributed by atoms with Gasteiger partial charge in [-0.1, -0.05) is 67.1 Å². The Bertz CT molecular complexity index is 1950. The summed E-state index contributed by atoms with van der Waals surface area (Å²) in [4.78, 5) is 9.79. The second-order valence-corrected chi connectivity index (χ2v) is 11.4. The first-order valence-corrected chi connectivity index (χ1v) is 14.6. The van der Waals surface area contributed by atoms with Crippen molar-refractivity contribution in [1.29, 1.82) is 0 Å². The van der Waals surface area contributed by atoms with Crippen molar-refractivity contribution in [3.8, 4) is 28.1 Å². The van der Waals surface area contributed by atoms with Crippen LogP contribution in [0.5, 0.6) is 0 Å². The van der Waals surface area contributed by atoms with Gasteiger partial charge >= 0.3 is 0 Å². The van der Waals surface area contributed by atoms with Crippen LogP contribution in [0.4, 0.5) is 0 Å². The molecule has 2 aromatic heterocycles. The highest BCUT2D eigenvalue weighted by Gasteiger charge is 2.33. The summed E-state index contributed by atoms with van der Waals surface area (Å²) in [7, 11) is 0. The fourth-order valence-corrected chi connectivity index (χ4v) is 6.59. The van der Waals surface area contributed by atoms with Crippen molar-refractivity contribution in [2.45, 2.75) is 44.8 Å². The second-order valence-electron chi connectivity index (χ2n) is 11.4. The minimum atomic E-state index is 0.209. The minimum absolute atomic E-state index is 0.209. The molecule has 2 aliphatic rings. The molecule has 1 saturated carbocycles. The topological polar surface area (TPSA) is 39.4 Å². The SMILES string of the molecule is Cc1ccnc(-c2ccc3c4ccccc4n(-c4cc(C5=N[C@@H]6CCCC[C@@H]6O5)cc(-c5ccccc5)c4)c3c2)c1. The number of aliphatic imine (C=N–C) groups is 1. The minimum Gasteiger partial charge on any atom is -0.472 e. The van der Waals surface area contributed by atoms with E-state index in [9.17, 15) is 0 Å². The molecule has 0 unspecified atom stereocenters. The lowest BCUT2D eigenvalue weighted by atomic mass is 9.94. The van der Waals surface area contributed by atoms with Gasteiger partial charge < -0.3 is 9.30 Å². The van der Waals surface area contributed by atoms with Crippen LogP contribution < -0.4 is 0 Å². The summed E-state index contributed by atoms with van der Waals surface area (Å²) in [6.45, 7) is 2.11. The molecule has 0 bridgehead atoms. The fourth-order valence-electron chi connectivity index (χ4n) is 6.59. The van der Waals surface area contributed by atoms with E-state index >= 15 is 0 Å². The van der Waals surface area contributed by atoms with Crippen LogP contribution in [-0.4, -0.2) is 27.6 Å². The van der Waals surface area contributed by atoms with Gasteiger partial charge in [-0.15, -0.1) is 0 Å². The normalized spacial score (nSPS) is 18.3. The number of hydrogen-bond donors (Lipinski definition) is 0. The number of aromatic nitrogens is 2. The number of aryl methyl sites for hydroxylation is 1. The molecular formula is C37H31N3O. The zero-order chi connectivity index (χ0) is 27.3. The number of para-hydroxylation sites is 1. The smallest absolute Gasteiger partial charge is 0.216 e. The summed E-state index contributed by atoms with van der Waals surface area (Å²) in [5.41, 5.74) is 10.1. The van der Waals surface area contributed by atoms with Crippen molar-refractivity contribution in [3.05, 3.63) is 120 Å². The number of nitrogens with zero attached hydrogens (tertiary/aromatic N) is 3. The van der Waals surface area contributed by atoms with Gasteiger partial charge in [0.15, 0.2) is 0 Å². The first-order valence-electron chi connectivity index (χ1n) is 14.6. The summed E-state index contributed by atoms with van der Waals surface area (Å²) in [6, 6.07) is 37.3. The number of ether oxygens (including phenoxy) is 1. The Balaban J connectivity index is 1.37. The molecule has 0 radical (unpaired) electrons. The van der Waals surface area contributed by atoms with Crippen LogP contribution >= 0.6 is 0 Å². The zero-order valence-electron chi connectivity index (χ0n) is 23.1. The molecule has 0 amide bonds. The van der Waals surface area contributed by atoms with Crippen LogP contribution in [0.1, 0.15) is 36.8 Å². The van der Waals surface area contributed by atoms with E-state index in [1.54, 1.807) is 0 Å². The molecule has 8 rings (SSSR count). The predicted octanol–water partition coefficient (Wildman–Crippen LogP) is 8.91. The number of fused-ring (bicyclic) bond motifs is 4. The van der Waals surface area contributed by atoms with E-state index in [-0.39, 0.29) is 12.1 Å².